The van der Waals surface area contributed by atoms with E-state index in [-0.39, 0.29) is 5.91 Å². The van der Waals surface area contributed by atoms with Gasteiger partial charge in [-0.3, -0.25) is 9.89 Å². The van der Waals surface area contributed by atoms with Gasteiger partial charge in [0.1, 0.15) is 5.82 Å². The Morgan fingerprint density at radius 2 is 2.19 bits per heavy atom. The fourth-order valence-corrected chi connectivity index (χ4v) is 5.25. The molecule has 0 atom stereocenters. The van der Waals surface area contributed by atoms with Crippen molar-refractivity contribution in [2.24, 2.45) is 5.92 Å². The fourth-order valence-electron chi connectivity index (χ4n) is 4.32. The standard InChI is InChI=1S/C20H23N5OS/c26-20(18-6-5-17(27-18)19-21-8-9-22-19)25-10-7-15-14(12-25)16(24-23-15)11-13-3-1-2-4-13/h5-6,8-9,13H,1-4,7,10-12H2,(H,21,22)(H,23,24). The summed E-state index contributed by atoms with van der Waals surface area (Å²) in [5.74, 6) is 1.68. The summed E-state index contributed by atoms with van der Waals surface area (Å²) >= 11 is 1.50. The average Bonchev–Trinajstić information content (AvgIpc) is 3.47. The van der Waals surface area contributed by atoms with E-state index in [9.17, 15) is 4.79 Å². The lowest BCUT2D eigenvalue weighted by atomic mass is 9.96. The smallest absolute Gasteiger partial charge is 0.264 e. The van der Waals surface area contributed by atoms with Gasteiger partial charge in [0, 0.05) is 43.2 Å². The molecule has 0 radical (unpaired) electrons. The number of carbonyl (C=O) groups excluding carboxylic acids is 1. The zero-order valence-corrected chi connectivity index (χ0v) is 16.0. The van der Waals surface area contributed by atoms with Crippen molar-refractivity contribution in [1.82, 2.24) is 25.1 Å². The van der Waals surface area contributed by atoms with Crippen LogP contribution in [0.3, 0.4) is 0 Å². The van der Waals surface area contributed by atoms with E-state index in [1.807, 2.05) is 17.0 Å². The lowest BCUT2D eigenvalue weighted by molar-refractivity contribution is 0.0738. The van der Waals surface area contributed by atoms with Crippen LogP contribution < -0.4 is 0 Å². The fraction of sp³-hybridized carbons (Fsp3) is 0.450. The van der Waals surface area contributed by atoms with Crippen LogP contribution in [-0.2, 0) is 19.4 Å². The average molecular weight is 382 g/mol. The number of nitrogens with zero attached hydrogens (tertiary/aromatic N) is 3. The molecule has 1 fully saturated rings. The van der Waals surface area contributed by atoms with Crippen LogP contribution in [0.15, 0.2) is 24.5 Å². The summed E-state index contributed by atoms with van der Waals surface area (Å²) in [6.45, 7) is 1.41. The first-order valence-electron chi connectivity index (χ1n) is 9.72. The summed E-state index contributed by atoms with van der Waals surface area (Å²) < 4.78 is 0. The molecular weight excluding hydrogens is 358 g/mol. The van der Waals surface area contributed by atoms with Crippen LogP contribution in [0.25, 0.3) is 10.7 Å². The molecule has 3 aromatic heterocycles. The minimum atomic E-state index is 0.108. The molecule has 1 aliphatic heterocycles. The van der Waals surface area contributed by atoms with Gasteiger partial charge in [0.15, 0.2) is 0 Å². The molecule has 1 amide bonds. The van der Waals surface area contributed by atoms with Crippen molar-refractivity contribution < 1.29 is 4.79 Å². The normalized spacial score (nSPS) is 17.4. The zero-order valence-electron chi connectivity index (χ0n) is 15.2. The van der Waals surface area contributed by atoms with E-state index in [1.165, 1.54) is 54.0 Å². The third-order valence-electron chi connectivity index (χ3n) is 5.81. The van der Waals surface area contributed by atoms with Crippen LogP contribution in [0.1, 0.15) is 52.3 Å². The molecule has 5 rings (SSSR count). The Labute approximate surface area is 162 Å². The van der Waals surface area contributed by atoms with Crippen molar-refractivity contribution in [3.8, 4) is 10.7 Å². The van der Waals surface area contributed by atoms with Crippen molar-refractivity contribution in [2.45, 2.75) is 45.1 Å². The Balaban J connectivity index is 1.33. The topological polar surface area (TPSA) is 77.7 Å². The highest BCUT2D eigenvalue weighted by Crippen LogP contribution is 2.31. The number of hydrogen-bond acceptors (Lipinski definition) is 4. The molecule has 2 N–H and O–H groups in total. The van der Waals surface area contributed by atoms with E-state index in [2.05, 4.69) is 20.2 Å². The van der Waals surface area contributed by atoms with Crippen molar-refractivity contribution >= 4 is 17.2 Å². The highest BCUT2D eigenvalue weighted by atomic mass is 32.1. The number of hydrogen-bond donors (Lipinski definition) is 2. The Kier molecular flexibility index (Phi) is 4.32. The van der Waals surface area contributed by atoms with Gasteiger partial charge in [-0.2, -0.15) is 5.10 Å². The van der Waals surface area contributed by atoms with Crippen LogP contribution in [0.5, 0.6) is 0 Å². The molecule has 27 heavy (non-hydrogen) atoms. The van der Waals surface area contributed by atoms with Gasteiger partial charge in [-0.15, -0.1) is 11.3 Å². The molecule has 0 bridgehead atoms. The molecule has 2 aliphatic rings. The highest BCUT2D eigenvalue weighted by molar-refractivity contribution is 7.17. The number of rotatable bonds is 4. The minimum Gasteiger partial charge on any atom is -0.344 e. The Morgan fingerprint density at radius 3 is 3.00 bits per heavy atom. The number of amides is 1. The zero-order chi connectivity index (χ0) is 18.2. The molecule has 1 saturated carbocycles. The number of aromatic nitrogens is 4. The molecular formula is C20H23N5OS. The monoisotopic (exact) mass is 381 g/mol. The minimum absolute atomic E-state index is 0.108. The molecule has 140 valence electrons. The lowest BCUT2D eigenvalue weighted by Crippen LogP contribution is -2.35. The van der Waals surface area contributed by atoms with Crippen LogP contribution in [0.2, 0.25) is 0 Å². The molecule has 3 aromatic rings. The quantitative estimate of drug-likeness (QED) is 0.722. The predicted molar refractivity (Wildman–Crippen MR) is 105 cm³/mol. The predicted octanol–water partition coefficient (Wildman–Crippen LogP) is 3.79. The number of H-pyrrole nitrogens is 2. The van der Waals surface area contributed by atoms with Crippen LogP contribution in [0.4, 0.5) is 0 Å². The largest absolute Gasteiger partial charge is 0.344 e. The lowest BCUT2D eigenvalue weighted by Gasteiger charge is -2.27. The number of thiophene rings is 1. The van der Waals surface area contributed by atoms with Gasteiger partial charge >= 0.3 is 0 Å². The molecule has 7 heteroatoms. The molecule has 4 heterocycles. The van der Waals surface area contributed by atoms with E-state index in [0.717, 1.165) is 40.9 Å². The summed E-state index contributed by atoms with van der Waals surface area (Å²) in [5, 5.41) is 7.82. The Morgan fingerprint density at radius 1 is 1.30 bits per heavy atom. The van der Waals surface area contributed by atoms with Crippen molar-refractivity contribution in [2.75, 3.05) is 6.54 Å². The summed E-state index contributed by atoms with van der Waals surface area (Å²) in [5.41, 5.74) is 3.65. The summed E-state index contributed by atoms with van der Waals surface area (Å²) in [6, 6.07) is 3.88. The molecule has 0 aromatic carbocycles. The Hall–Kier alpha value is -2.41. The van der Waals surface area contributed by atoms with Gasteiger partial charge in [0.25, 0.3) is 5.91 Å². The molecule has 0 saturated heterocycles. The van der Waals surface area contributed by atoms with Crippen molar-refractivity contribution in [1.29, 1.82) is 0 Å². The van der Waals surface area contributed by atoms with E-state index in [0.29, 0.717) is 6.54 Å². The number of nitrogens with one attached hydrogen (secondary N) is 2. The molecule has 1 aliphatic carbocycles. The van der Waals surface area contributed by atoms with E-state index >= 15 is 0 Å². The number of imidazole rings is 1. The van der Waals surface area contributed by atoms with Gasteiger partial charge in [0.2, 0.25) is 0 Å². The Bertz CT molecular complexity index is 936. The van der Waals surface area contributed by atoms with E-state index in [1.54, 1.807) is 12.4 Å². The second kappa shape index (κ2) is 6.96. The van der Waals surface area contributed by atoms with Crippen molar-refractivity contribution in [3.63, 3.8) is 0 Å². The summed E-state index contributed by atoms with van der Waals surface area (Å²) in [6.07, 6.45) is 10.8. The maximum Gasteiger partial charge on any atom is 0.264 e. The number of aromatic amines is 2. The van der Waals surface area contributed by atoms with Gasteiger partial charge in [0.05, 0.1) is 15.4 Å². The maximum atomic E-state index is 13.0. The molecule has 0 unspecified atom stereocenters. The SMILES string of the molecule is O=C(c1ccc(-c2ncc[nH]2)s1)N1CCc2[nH]nc(CC3CCCC3)c2C1. The van der Waals surface area contributed by atoms with Crippen LogP contribution in [-0.4, -0.2) is 37.5 Å². The third-order valence-corrected chi connectivity index (χ3v) is 6.89. The van der Waals surface area contributed by atoms with Crippen LogP contribution >= 0.6 is 11.3 Å². The summed E-state index contributed by atoms with van der Waals surface area (Å²) in [4.78, 5) is 24.1. The first-order valence-corrected chi connectivity index (χ1v) is 10.5. The van der Waals surface area contributed by atoms with Gasteiger partial charge in [-0.05, 0) is 24.5 Å². The molecule has 0 spiro atoms. The van der Waals surface area contributed by atoms with Gasteiger partial charge in [-0.1, -0.05) is 25.7 Å². The van der Waals surface area contributed by atoms with E-state index < -0.39 is 0 Å². The van der Waals surface area contributed by atoms with Crippen molar-refractivity contribution in [3.05, 3.63) is 46.4 Å². The highest BCUT2D eigenvalue weighted by Gasteiger charge is 2.28. The third kappa shape index (κ3) is 3.20. The number of carbonyl (C=O) groups is 1. The van der Waals surface area contributed by atoms with Crippen LogP contribution in [0, 0.1) is 5.92 Å². The van der Waals surface area contributed by atoms with Gasteiger partial charge < -0.3 is 9.88 Å². The van der Waals surface area contributed by atoms with Gasteiger partial charge in [-0.25, -0.2) is 4.98 Å². The maximum absolute atomic E-state index is 13.0. The first kappa shape index (κ1) is 16.7. The second-order valence-electron chi connectivity index (χ2n) is 7.56. The first-order chi connectivity index (χ1) is 13.3. The molecule has 6 nitrogen and oxygen atoms in total. The van der Waals surface area contributed by atoms with E-state index in [4.69, 9.17) is 0 Å². The second-order valence-corrected chi connectivity index (χ2v) is 8.64. The summed E-state index contributed by atoms with van der Waals surface area (Å²) in [7, 11) is 0. The number of fused-ring (bicyclic) bond motifs is 1.